The molecule has 86 valence electrons. The second kappa shape index (κ2) is 5.54. The lowest BCUT2D eigenvalue weighted by Gasteiger charge is -2.29. The van der Waals surface area contributed by atoms with Gasteiger partial charge < -0.3 is 4.43 Å². The second-order valence-corrected chi connectivity index (χ2v) is 9.64. The third-order valence-corrected chi connectivity index (χ3v) is 3.63. The van der Waals surface area contributed by atoms with Crippen LogP contribution in [0.2, 0.25) is 19.6 Å². The molecule has 2 atom stereocenters. The lowest BCUT2D eigenvalue weighted by molar-refractivity contribution is 0.155. The maximum Gasteiger partial charge on any atom is 0.184 e. The Morgan fingerprint density at radius 1 is 1.20 bits per heavy atom. The summed E-state index contributed by atoms with van der Waals surface area (Å²) >= 11 is 0. The normalized spacial score (nSPS) is 27.9. The summed E-state index contributed by atoms with van der Waals surface area (Å²) in [6, 6.07) is 0.0595. The molecule has 0 radical (unpaired) electrons. The van der Waals surface area contributed by atoms with Crippen LogP contribution in [-0.4, -0.2) is 20.5 Å². The van der Waals surface area contributed by atoms with Gasteiger partial charge in [-0.1, -0.05) is 24.4 Å². The monoisotopic (exact) mass is 227 g/mol. The van der Waals surface area contributed by atoms with Crippen molar-refractivity contribution in [2.45, 2.75) is 63.9 Å². The van der Waals surface area contributed by atoms with Crippen molar-refractivity contribution < 1.29 is 4.43 Å². The first-order valence-electron chi connectivity index (χ1n) is 5.75. The quantitative estimate of drug-likeness (QED) is 0.237. The first kappa shape index (κ1) is 12.6. The Hall–Kier alpha value is -0.513. The molecule has 0 aromatic carbocycles. The van der Waals surface area contributed by atoms with Crippen molar-refractivity contribution in [1.82, 2.24) is 0 Å². The highest BCUT2D eigenvalue weighted by atomic mass is 28.4. The largest absolute Gasteiger partial charge is 0.414 e. The van der Waals surface area contributed by atoms with Gasteiger partial charge in [0.2, 0.25) is 0 Å². The van der Waals surface area contributed by atoms with Crippen molar-refractivity contribution in [2.75, 3.05) is 0 Å². The molecule has 15 heavy (non-hydrogen) atoms. The second-order valence-electron chi connectivity index (χ2n) is 5.18. The first-order valence-corrected chi connectivity index (χ1v) is 9.16. The zero-order valence-electron chi connectivity index (χ0n) is 9.94. The molecule has 1 fully saturated rings. The van der Waals surface area contributed by atoms with E-state index in [2.05, 4.69) is 29.7 Å². The summed E-state index contributed by atoms with van der Waals surface area (Å²) in [5.41, 5.74) is 8.54. The van der Waals surface area contributed by atoms with Gasteiger partial charge in [0.05, 0.1) is 12.1 Å². The van der Waals surface area contributed by atoms with E-state index in [1.54, 1.807) is 0 Å². The summed E-state index contributed by atoms with van der Waals surface area (Å²) in [5.74, 6) is 0. The topological polar surface area (TPSA) is 58.0 Å². The minimum atomic E-state index is -1.52. The van der Waals surface area contributed by atoms with E-state index in [1.807, 2.05) is 0 Å². The number of nitrogens with zero attached hydrogens (tertiary/aromatic N) is 3. The van der Waals surface area contributed by atoms with Gasteiger partial charge in [0.1, 0.15) is 0 Å². The third kappa shape index (κ3) is 4.69. The van der Waals surface area contributed by atoms with E-state index in [-0.39, 0.29) is 12.1 Å². The van der Waals surface area contributed by atoms with Crippen LogP contribution >= 0.6 is 0 Å². The Kier molecular flexibility index (Phi) is 4.64. The van der Waals surface area contributed by atoms with Crippen LogP contribution in [0.15, 0.2) is 5.11 Å². The Morgan fingerprint density at radius 2 is 1.87 bits per heavy atom. The van der Waals surface area contributed by atoms with Gasteiger partial charge in [-0.25, -0.2) is 0 Å². The molecule has 1 rings (SSSR count). The minimum absolute atomic E-state index is 0.0595. The smallest absolute Gasteiger partial charge is 0.184 e. The minimum Gasteiger partial charge on any atom is -0.414 e. The summed E-state index contributed by atoms with van der Waals surface area (Å²) in [6.07, 6.45) is 5.80. The van der Waals surface area contributed by atoms with Crippen LogP contribution in [0, 0.1) is 0 Å². The van der Waals surface area contributed by atoms with Crippen LogP contribution in [0.5, 0.6) is 0 Å². The van der Waals surface area contributed by atoms with E-state index in [1.165, 1.54) is 12.8 Å². The average molecular weight is 227 g/mol. The molecule has 0 aliphatic heterocycles. The van der Waals surface area contributed by atoms with E-state index in [0.717, 1.165) is 19.3 Å². The van der Waals surface area contributed by atoms with E-state index in [9.17, 15) is 0 Å². The zero-order valence-corrected chi connectivity index (χ0v) is 10.9. The maximum atomic E-state index is 8.54. The molecule has 1 aliphatic rings. The molecule has 1 aliphatic carbocycles. The molecule has 0 spiro atoms. The van der Waals surface area contributed by atoms with Crippen LogP contribution in [0.25, 0.3) is 10.4 Å². The molecular formula is C10H21N3OSi. The predicted octanol–water partition coefficient (Wildman–Crippen LogP) is 3.85. The zero-order chi connectivity index (χ0) is 11.3. The van der Waals surface area contributed by atoms with Crippen LogP contribution in [0.3, 0.4) is 0 Å². The summed E-state index contributed by atoms with van der Waals surface area (Å²) < 4.78 is 6.10. The molecule has 0 N–H and O–H groups in total. The molecule has 0 bridgehead atoms. The number of rotatable bonds is 3. The molecule has 4 nitrogen and oxygen atoms in total. The maximum absolute atomic E-state index is 8.54. The molecule has 1 saturated carbocycles. The Bertz CT molecular complexity index is 246. The van der Waals surface area contributed by atoms with Gasteiger partial charge in [0, 0.05) is 4.91 Å². The third-order valence-electron chi connectivity index (χ3n) is 2.62. The molecule has 0 aromatic rings. The highest BCUT2D eigenvalue weighted by Gasteiger charge is 2.28. The van der Waals surface area contributed by atoms with Crippen LogP contribution in [0.4, 0.5) is 0 Å². The summed E-state index contributed by atoms with van der Waals surface area (Å²) in [6.45, 7) is 6.56. The van der Waals surface area contributed by atoms with Crippen LogP contribution in [0.1, 0.15) is 32.1 Å². The van der Waals surface area contributed by atoms with Gasteiger partial charge >= 0.3 is 0 Å². The molecular weight excluding hydrogens is 206 g/mol. The fraction of sp³-hybridized carbons (Fsp3) is 1.00. The number of hydrogen-bond donors (Lipinski definition) is 0. The van der Waals surface area contributed by atoms with Crippen molar-refractivity contribution in [3.05, 3.63) is 10.4 Å². The van der Waals surface area contributed by atoms with Gasteiger partial charge in [0.25, 0.3) is 0 Å². The molecule has 5 heteroatoms. The van der Waals surface area contributed by atoms with E-state index >= 15 is 0 Å². The molecule has 0 heterocycles. The number of azide groups is 1. The Balaban J connectivity index is 2.66. The lowest BCUT2D eigenvalue weighted by Crippen LogP contribution is -2.37. The first-order chi connectivity index (χ1) is 7.03. The van der Waals surface area contributed by atoms with Gasteiger partial charge in [0.15, 0.2) is 8.32 Å². The Morgan fingerprint density at radius 3 is 2.47 bits per heavy atom. The highest BCUT2D eigenvalue weighted by Crippen LogP contribution is 2.25. The predicted molar refractivity (Wildman–Crippen MR) is 64.2 cm³/mol. The van der Waals surface area contributed by atoms with E-state index in [0.29, 0.717) is 0 Å². The highest BCUT2D eigenvalue weighted by molar-refractivity contribution is 6.69. The molecule has 0 saturated heterocycles. The van der Waals surface area contributed by atoms with Gasteiger partial charge in [-0.2, -0.15) is 0 Å². The molecule has 0 unspecified atom stereocenters. The molecule has 0 aromatic heterocycles. The van der Waals surface area contributed by atoms with Crippen molar-refractivity contribution in [3.8, 4) is 0 Å². The lowest BCUT2D eigenvalue weighted by atomic mass is 10.1. The summed E-state index contributed by atoms with van der Waals surface area (Å²) in [5, 5.41) is 3.89. The van der Waals surface area contributed by atoms with Crippen molar-refractivity contribution in [1.29, 1.82) is 0 Å². The number of hydrogen-bond acceptors (Lipinski definition) is 2. The van der Waals surface area contributed by atoms with Gasteiger partial charge in [-0.15, -0.1) is 0 Å². The average Bonchev–Trinajstić information content (AvgIpc) is 2.30. The van der Waals surface area contributed by atoms with Crippen LogP contribution in [-0.2, 0) is 4.43 Å². The summed E-state index contributed by atoms with van der Waals surface area (Å²) in [7, 11) is -1.52. The van der Waals surface area contributed by atoms with Crippen molar-refractivity contribution in [2.24, 2.45) is 5.11 Å². The summed E-state index contributed by atoms with van der Waals surface area (Å²) in [4.78, 5) is 2.94. The van der Waals surface area contributed by atoms with Crippen LogP contribution < -0.4 is 0 Å². The van der Waals surface area contributed by atoms with E-state index < -0.39 is 8.32 Å². The SMILES string of the molecule is C[Si](C)(C)O[C@H]1CCCCC[C@@H]1N=[N+]=[N-]. The van der Waals surface area contributed by atoms with Crippen molar-refractivity contribution in [3.63, 3.8) is 0 Å². The fourth-order valence-corrected chi connectivity index (χ4v) is 3.23. The van der Waals surface area contributed by atoms with Gasteiger partial charge in [-0.05, 0) is 38.0 Å². The molecule has 0 amide bonds. The van der Waals surface area contributed by atoms with Crippen molar-refractivity contribution >= 4 is 8.32 Å². The van der Waals surface area contributed by atoms with Gasteiger partial charge in [-0.3, -0.25) is 0 Å². The fourth-order valence-electron chi connectivity index (χ4n) is 2.04. The standard InChI is InChI=1S/C10H21N3OSi/c1-15(2,3)14-10-8-6-4-5-7-9(10)12-13-11/h9-10H,4-8H2,1-3H3/t9-,10-/m0/s1. The van der Waals surface area contributed by atoms with E-state index in [4.69, 9.17) is 9.96 Å². The Labute approximate surface area is 92.8 Å².